The minimum Gasteiger partial charge on any atom is -0.507 e. The van der Waals surface area contributed by atoms with E-state index in [0.717, 1.165) is 0 Å². The molecule has 1 rings (SSSR count). The molecule has 0 bridgehead atoms. The lowest BCUT2D eigenvalue weighted by Gasteiger charge is -2.10. The second-order valence-electron chi connectivity index (χ2n) is 2.79. The van der Waals surface area contributed by atoms with Crippen molar-refractivity contribution in [3.8, 4) is 11.5 Å². The molecule has 66 valence electrons. The molecule has 0 spiro atoms. The van der Waals surface area contributed by atoms with E-state index in [4.69, 9.17) is 5.73 Å². The van der Waals surface area contributed by atoms with Gasteiger partial charge in [0.2, 0.25) is 0 Å². The van der Waals surface area contributed by atoms with Gasteiger partial charge in [-0.1, -0.05) is 6.92 Å². The van der Waals surface area contributed by atoms with Gasteiger partial charge in [0.25, 0.3) is 0 Å². The van der Waals surface area contributed by atoms with Gasteiger partial charge in [0.1, 0.15) is 11.5 Å². The van der Waals surface area contributed by atoms with Crippen molar-refractivity contribution in [1.82, 2.24) is 0 Å². The second kappa shape index (κ2) is 2.93. The molecule has 0 aliphatic heterocycles. The zero-order valence-corrected chi connectivity index (χ0v) is 7.26. The first-order valence-electron chi connectivity index (χ1n) is 3.87. The third-order valence-corrected chi connectivity index (χ3v) is 2.05. The summed E-state index contributed by atoms with van der Waals surface area (Å²) in [5.74, 6) is 0.111. The van der Waals surface area contributed by atoms with Crippen LogP contribution in [0, 0.1) is 6.92 Å². The Hall–Kier alpha value is -1.38. The number of hydrogen-bond acceptors (Lipinski definition) is 3. The van der Waals surface area contributed by atoms with Crippen molar-refractivity contribution in [2.75, 3.05) is 5.73 Å². The van der Waals surface area contributed by atoms with Gasteiger partial charge in [-0.3, -0.25) is 0 Å². The Morgan fingerprint density at radius 3 is 2.42 bits per heavy atom. The zero-order valence-electron chi connectivity index (χ0n) is 7.26. The van der Waals surface area contributed by atoms with E-state index in [0.29, 0.717) is 23.2 Å². The minimum absolute atomic E-state index is 0.0437. The van der Waals surface area contributed by atoms with E-state index >= 15 is 0 Å². The first-order chi connectivity index (χ1) is 5.57. The number of benzene rings is 1. The molecule has 0 amide bonds. The average Bonchev–Trinajstić information content (AvgIpc) is 2.01. The summed E-state index contributed by atoms with van der Waals surface area (Å²) < 4.78 is 0. The van der Waals surface area contributed by atoms with Crippen molar-refractivity contribution in [3.05, 3.63) is 17.2 Å². The maximum Gasteiger partial charge on any atom is 0.124 e. The molecule has 3 heteroatoms. The molecule has 0 saturated carbocycles. The Morgan fingerprint density at radius 2 is 1.92 bits per heavy atom. The van der Waals surface area contributed by atoms with Gasteiger partial charge >= 0.3 is 0 Å². The van der Waals surface area contributed by atoms with Crippen LogP contribution in [0.3, 0.4) is 0 Å². The molecule has 1 aromatic rings. The molecule has 1 aromatic carbocycles. The first kappa shape index (κ1) is 8.71. The molecular weight excluding hydrogens is 154 g/mol. The van der Waals surface area contributed by atoms with E-state index in [1.165, 1.54) is 6.07 Å². The Bertz CT molecular complexity index is 308. The summed E-state index contributed by atoms with van der Waals surface area (Å²) in [6.45, 7) is 3.63. The third kappa shape index (κ3) is 1.18. The Kier molecular flexibility index (Phi) is 2.13. The molecule has 3 nitrogen and oxygen atoms in total. The smallest absolute Gasteiger partial charge is 0.124 e. The lowest BCUT2D eigenvalue weighted by Crippen LogP contribution is -1.96. The summed E-state index contributed by atoms with van der Waals surface area (Å²) in [6, 6.07) is 1.32. The van der Waals surface area contributed by atoms with Gasteiger partial charge in [-0.25, -0.2) is 0 Å². The molecule has 0 atom stereocenters. The van der Waals surface area contributed by atoms with Crippen molar-refractivity contribution in [3.63, 3.8) is 0 Å². The highest BCUT2D eigenvalue weighted by atomic mass is 16.3. The molecule has 0 unspecified atom stereocenters. The van der Waals surface area contributed by atoms with Crippen LogP contribution in [0.1, 0.15) is 18.1 Å². The molecule has 4 N–H and O–H groups in total. The monoisotopic (exact) mass is 167 g/mol. The number of nitrogens with two attached hydrogens (primary N) is 1. The lowest BCUT2D eigenvalue weighted by atomic mass is 10.0. The molecule has 0 saturated heterocycles. The van der Waals surface area contributed by atoms with Crippen LogP contribution >= 0.6 is 0 Å². The van der Waals surface area contributed by atoms with Crippen molar-refractivity contribution < 1.29 is 10.2 Å². The number of aromatic hydroxyl groups is 2. The van der Waals surface area contributed by atoms with E-state index < -0.39 is 0 Å². The average molecular weight is 167 g/mol. The van der Waals surface area contributed by atoms with E-state index in [2.05, 4.69) is 0 Å². The van der Waals surface area contributed by atoms with Crippen LogP contribution < -0.4 is 5.73 Å². The summed E-state index contributed by atoms with van der Waals surface area (Å²) in [5, 5.41) is 18.6. The number of hydrogen-bond donors (Lipinski definition) is 3. The molecular formula is C9H13NO2. The summed E-state index contributed by atoms with van der Waals surface area (Å²) in [5.41, 5.74) is 7.48. The molecule has 0 aliphatic carbocycles. The van der Waals surface area contributed by atoms with Gasteiger partial charge < -0.3 is 15.9 Å². The standard InChI is InChI=1S/C9H13NO2/c1-3-6-8(12)4-7(11)5(2)9(6)10/h4,11-12H,3,10H2,1-2H3. The first-order valence-corrected chi connectivity index (χ1v) is 3.87. The van der Waals surface area contributed by atoms with Crippen molar-refractivity contribution >= 4 is 5.69 Å². The molecule has 0 aromatic heterocycles. The lowest BCUT2D eigenvalue weighted by molar-refractivity contribution is 0.445. The number of rotatable bonds is 1. The number of nitrogen functional groups attached to an aromatic ring is 1. The largest absolute Gasteiger partial charge is 0.507 e. The van der Waals surface area contributed by atoms with E-state index in [9.17, 15) is 10.2 Å². The zero-order chi connectivity index (χ0) is 9.30. The van der Waals surface area contributed by atoms with Crippen molar-refractivity contribution in [2.24, 2.45) is 0 Å². The van der Waals surface area contributed by atoms with Crippen LogP contribution in [-0.4, -0.2) is 10.2 Å². The van der Waals surface area contributed by atoms with E-state index in [1.54, 1.807) is 6.92 Å². The highest BCUT2D eigenvalue weighted by molar-refractivity contribution is 5.63. The molecule has 0 heterocycles. The second-order valence-corrected chi connectivity index (χ2v) is 2.79. The molecule has 0 aliphatic rings. The highest BCUT2D eigenvalue weighted by Gasteiger charge is 2.09. The number of phenols is 2. The van der Waals surface area contributed by atoms with Gasteiger partial charge in [0, 0.05) is 22.9 Å². The third-order valence-electron chi connectivity index (χ3n) is 2.05. The molecule has 0 fully saturated rings. The van der Waals surface area contributed by atoms with Crippen LogP contribution in [0.25, 0.3) is 0 Å². The van der Waals surface area contributed by atoms with Gasteiger partial charge in [0.05, 0.1) is 0 Å². The van der Waals surface area contributed by atoms with E-state index in [-0.39, 0.29) is 11.5 Å². The Morgan fingerprint density at radius 1 is 1.33 bits per heavy atom. The van der Waals surface area contributed by atoms with Crippen LogP contribution in [0.15, 0.2) is 6.07 Å². The van der Waals surface area contributed by atoms with Crippen molar-refractivity contribution in [1.29, 1.82) is 0 Å². The van der Waals surface area contributed by atoms with Gasteiger partial charge in [0.15, 0.2) is 0 Å². The Labute approximate surface area is 71.5 Å². The van der Waals surface area contributed by atoms with E-state index in [1.807, 2.05) is 6.92 Å². The fraction of sp³-hybridized carbons (Fsp3) is 0.333. The van der Waals surface area contributed by atoms with Crippen LogP contribution in [0.2, 0.25) is 0 Å². The normalized spacial score (nSPS) is 10.2. The van der Waals surface area contributed by atoms with Crippen LogP contribution in [-0.2, 0) is 6.42 Å². The van der Waals surface area contributed by atoms with Crippen LogP contribution in [0.4, 0.5) is 5.69 Å². The fourth-order valence-electron chi connectivity index (χ4n) is 1.20. The van der Waals surface area contributed by atoms with Gasteiger partial charge in [-0.2, -0.15) is 0 Å². The maximum atomic E-state index is 9.36. The van der Waals surface area contributed by atoms with Crippen LogP contribution in [0.5, 0.6) is 11.5 Å². The topological polar surface area (TPSA) is 66.5 Å². The predicted molar refractivity (Wildman–Crippen MR) is 48.3 cm³/mol. The number of phenolic OH excluding ortho intramolecular Hbond substituents is 2. The summed E-state index contributed by atoms with van der Waals surface area (Å²) in [7, 11) is 0. The van der Waals surface area contributed by atoms with Crippen molar-refractivity contribution in [2.45, 2.75) is 20.3 Å². The summed E-state index contributed by atoms with van der Waals surface area (Å²) >= 11 is 0. The quantitative estimate of drug-likeness (QED) is 0.556. The summed E-state index contributed by atoms with van der Waals surface area (Å²) in [6.07, 6.45) is 0.665. The maximum absolute atomic E-state index is 9.36. The molecule has 12 heavy (non-hydrogen) atoms. The number of anilines is 1. The summed E-state index contributed by atoms with van der Waals surface area (Å²) in [4.78, 5) is 0. The fourth-order valence-corrected chi connectivity index (χ4v) is 1.20. The van der Waals surface area contributed by atoms with Gasteiger partial charge in [-0.15, -0.1) is 0 Å². The highest BCUT2D eigenvalue weighted by Crippen LogP contribution is 2.33. The SMILES string of the molecule is CCc1c(O)cc(O)c(C)c1N. The Balaban J connectivity index is 3.40. The van der Waals surface area contributed by atoms with Gasteiger partial charge in [-0.05, 0) is 13.3 Å². The minimum atomic E-state index is 0.0437. The predicted octanol–water partition coefficient (Wildman–Crippen LogP) is 1.55. The molecule has 0 radical (unpaired) electrons.